The fraction of sp³-hybridized carbons (Fsp3) is 0.417. The van der Waals surface area contributed by atoms with Gasteiger partial charge in [-0.05, 0) is 81.0 Å². The first-order valence-electron chi connectivity index (χ1n) is 15.4. The number of aromatic hydroxyl groups is 1. The monoisotopic (exact) mass is 601 g/mol. The molecule has 0 aliphatic rings. The zero-order chi connectivity index (χ0) is 32.3. The van der Waals surface area contributed by atoms with Crippen LogP contribution in [0.1, 0.15) is 82.2 Å². The molecule has 44 heavy (non-hydrogen) atoms. The third-order valence-corrected chi connectivity index (χ3v) is 7.32. The van der Waals surface area contributed by atoms with Crippen molar-refractivity contribution in [3.05, 3.63) is 95.1 Å². The first-order valence-corrected chi connectivity index (χ1v) is 15.4. The Labute approximate surface area is 261 Å². The van der Waals surface area contributed by atoms with E-state index in [-0.39, 0.29) is 18.1 Å². The molecule has 3 N–H and O–H groups in total. The van der Waals surface area contributed by atoms with Crippen LogP contribution in [-0.4, -0.2) is 46.1 Å². The lowest BCUT2D eigenvalue weighted by Crippen LogP contribution is -2.53. The normalized spacial score (nSPS) is 12.6. The molecule has 0 aromatic heterocycles. The number of nitrogens with zero attached hydrogens (tertiary/aromatic N) is 1. The maximum atomic E-state index is 14.6. The van der Waals surface area contributed by atoms with Gasteiger partial charge in [0.05, 0.1) is 0 Å². The number of rotatable bonds is 13. The number of phenols is 1. The first-order chi connectivity index (χ1) is 20.9. The van der Waals surface area contributed by atoms with Gasteiger partial charge in [-0.15, -0.1) is 0 Å². The zero-order valence-electron chi connectivity index (χ0n) is 26.9. The van der Waals surface area contributed by atoms with Gasteiger partial charge in [0, 0.05) is 18.7 Å². The smallest absolute Gasteiger partial charge is 0.408 e. The number of alkyl carbamates (subject to hydrolysis) is 1. The van der Waals surface area contributed by atoms with E-state index in [1.807, 2.05) is 55.5 Å². The van der Waals surface area contributed by atoms with Crippen molar-refractivity contribution in [1.29, 1.82) is 0 Å². The average Bonchev–Trinajstić information content (AvgIpc) is 2.97. The van der Waals surface area contributed by atoms with Crippen LogP contribution in [0.15, 0.2) is 72.8 Å². The lowest BCUT2D eigenvalue weighted by molar-refractivity contribution is -0.140. The maximum Gasteiger partial charge on any atom is 0.408 e. The second-order valence-corrected chi connectivity index (χ2v) is 12.1. The molecule has 0 bridgehead atoms. The molecule has 0 saturated carbocycles. The van der Waals surface area contributed by atoms with E-state index in [0.717, 1.165) is 36.0 Å². The Kier molecular flexibility index (Phi) is 12.4. The number of anilines is 1. The summed E-state index contributed by atoms with van der Waals surface area (Å²) in [5, 5.41) is 15.7. The largest absolute Gasteiger partial charge is 0.508 e. The van der Waals surface area contributed by atoms with E-state index in [0.29, 0.717) is 24.2 Å². The van der Waals surface area contributed by atoms with Crippen molar-refractivity contribution in [2.24, 2.45) is 0 Å². The van der Waals surface area contributed by atoms with Crippen LogP contribution in [0, 0.1) is 6.92 Å². The number of ether oxygens (including phenoxy) is 1. The molecule has 0 aliphatic heterocycles. The quantitative estimate of drug-likeness (QED) is 0.181. The lowest BCUT2D eigenvalue weighted by atomic mass is 9.98. The van der Waals surface area contributed by atoms with Crippen molar-refractivity contribution in [1.82, 2.24) is 10.2 Å². The highest BCUT2D eigenvalue weighted by Crippen LogP contribution is 2.27. The molecule has 0 spiro atoms. The number of phenolic OH excluding ortho intramolecular Hbond substituents is 1. The molecule has 0 fully saturated rings. The Balaban J connectivity index is 2.08. The summed E-state index contributed by atoms with van der Waals surface area (Å²) >= 11 is 0. The van der Waals surface area contributed by atoms with Crippen molar-refractivity contribution >= 4 is 23.6 Å². The van der Waals surface area contributed by atoms with Gasteiger partial charge < -0.3 is 25.4 Å². The molecule has 2 atom stereocenters. The third kappa shape index (κ3) is 10.1. The Hall–Kier alpha value is -4.33. The average molecular weight is 602 g/mol. The Morgan fingerprint density at radius 2 is 1.52 bits per heavy atom. The number of amides is 3. The number of carbonyl (C=O) groups is 3. The Morgan fingerprint density at radius 1 is 0.886 bits per heavy atom. The molecule has 2 unspecified atom stereocenters. The molecule has 8 heteroatoms. The van der Waals surface area contributed by atoms with E-state index in [4.69, 9.17) is 4.74 Å². The standard InChI is InChI=1S/C36H47N3O5/c1-7-9-12-23-39(34(42)31(38-35(43)44-36(4,5)6)24-27-17-21-29(40)22-18-27)32(28-19-15-26(8-2)16-20-28)33(41)37-30-14-11-10-13-25(30)3/h10-11,13-22,31-32,40H,7-9,12,23-24H2,1-6H3,(H,37,41)(H,38,43). The predicted octanol–water partition coefficient (Wildman–Crippen LogP) is 7.10. The van der Waals surface area contributed by atoms with Gasteiger partial charge >= 0.3 is 6.09 Å². The van der Waals surface area contributed by atoms with Gasteiger partial charge in [-0.1, -0.05) is 81.3 Å². The van der Waals surface area contributed by atoms with Crippen LogP contribution < -0.4 is 10.6 Å². The molecule has 236 valence electrons. The van der Waals surface area contributed by atoms with Gasteiger partial charge in [0.15, 0.2) is 0 Å². The SMILES string of the molecule is CCCCCN(C(=O)C(Cc1ccc(O)cc1)NC(=O)OC(C)(C)C)C(C(=O)Nc1ccccc1C)c1ccc(CC)cc1. The number of carbonyl (C=O) groups excluding carboxylic acids is 3. The lowest BCUT2D eigenvalue weighted by Gasteiger charge is -2.35. The van der Waals surface area contributed by atoms with Crippen LogP contribution >= 0.6 is 0 Å². The van der Waals surface area contributed by atoms with Gasteiger partial charge in [-0.25, -0.2) is 4.79 Å². The van der Waals surface area contributed by atoms with Crippen LogP contribution in [-0.2, 0) is 27.2 Å². The third-order valence-electron chi connectivity index (χ3n) is 7.32. The molecule has 3 aromatic rings. The summed E-state index contributed by atoms with van der Waals surface area (Å²) in [5.74, 6) is -0.639. The van der Waals surface area contributed by atoms with Gasteiger partial charge in [0.25, 0.3) is 5.91 Å². The zero-order valence-corrected chi connectivity index (χ0v) is 26.9. The molecular formula is C36H47N3O5. The van der Waals surface area contributed by atoms with Gasteiger partial charge in [0.1, 0.15) is 23.4 Å². The van der Waals surface area contributed by atoms with Crippen LogP contribution in [0.3, 0.4) is 0 Å². The topological polar surface area (TPSA) is 108 Å². The fourth-order valence-electron chi connectivity index (χ4n) is 4.94. The molecule has 3 aromatic carbocycles. The molecule has 0 aliphatic carbocycles. The minimum absolute atomic E-state index is 0.0985. The fourth-order valence-corrected chi connectivity index (χ4v) is 4.94. The van der Waals surface area contributed by atoms with Crippen LogP contribution in [0.2, 0.25) is 0 Å². The highest BCUT2D eigenvalue weighted by Gasteiger charge is 2.36. The van der Waals surface area contributed by atoms with E-state index in [2.05, 4.69) is 24.5 Å². The summed E-state index contributed by atoms with van der Waals surface area (Å²) in [6.07, 6.45) is 2.74. The molecular weight excluding hydrogens is 554 g/mol. The second-order valence-electron chi connectivity index (χ2n) is 12.1. The van der Waals surface area contributed by atoms with Crippen LogP contribution in [0.5, 0.6) is 5.75 Å². The summed E-state index contributed by atoms with van der Waals surface area (Å²) in [5.41, 5.74) is 3.33. The van der Waals surface area contributed by atoms with Gasteiger partial charge in [-0.3, -0.25) is 9.59 Å². The summed E-state index contributed by atoms with van der Waals surface area (Å²) in [7, 11) is 0. The number of hydrogen-bond acceptors (Lipinski definition) is 5. The minimum atomic E-state index is -1.03. The molecule has 0 heterocycles. The highest BCUT2D eigenvalue weighted by atomic mass is 16.6. The number of aryl methyl sites for hydroxylation is 2. The summed E-state index contributed by atoms with van der Waals surface area (Å²) in [6.45, 7) is 11.6. The van der Waals surface area contributed by atoms with Crippen molar-refractivity contribution < 1.29 is 24.2 Å². The number of para-hydroxylation sites is 1. The first kappa shape index (κ1) is 34.2. The van der Waals surface area contributed by atoms with Gasteiger partial charge in [-0.2, -0.15) is 0 Å². The summed E-state index contributed by atoms with van der Waals surface area (Å²) < 4.78 is 5.52. The van der Waals surface area contributed by atoms with E-state index in [1.165, 1.54) is 12.1 Å². The number of benzene rings is 3. The Morgan fingerprint density at radius 3 is 2.11 bits per heavy atom. The van der Waals surface area contributed by atoms with E-state index in [9.17, 15) is 19.5 Å². The molecule has 0 saturated heterocycles. The molecule has 8 nitrogen and oxygen atoms in total. The van der Waals surface area contributed by atoms with Crippen molar-refractivity contribution in [2.45, 2.75) is 91.3 Å². The van der Waals surface area contributed by atoms with Crippen LogP contribution in [0.25, 0.3) is 0 Å². The highest BCUT2D eigenvalue weighted by molar-refractivity contribution is 5.99. The van der Waals surface area contributed by atoms with Crippen molar-refractivity contribution in [3.63, 3.8) is 0 Å². The molecule has 3 amide bonds. The number of hydrogen-bond donors (Lipinski definition) is 3. The minimum Gasteiger partial charge on any atom is -0.508 e. The second kappa shape index (κ2) is 15.9. The van der Waals surface area contributed by atoms with E-state index < -0.39 is 29.7 Å². The number of unbranched alkanes of at least 4 members (excludes halogenated alkanes) is 2. The van der Waals surface area contributed by atoms with E-state index >= 15 is 0 Å². The van der Waals surface area contributed by atoms with E-state index in [1.54, 1.807) is 37.8 Å². The molecule has 0 radical (unpaired) electrons. The van der Waals surface area contributed by atoms with Crippen molar-refractivity contribution in [3.8, 4) is 5.75 Å². The number of nitrogens with one attached hydrogen (secondary N) is 2. The summed E-state index contributed by atoms with van der Waals surface area (Å²) in [6, 6.07) is 19.8. The Bertz CT molecular complexity index is 1380. The van der Waals surface area contributed by atoms with Crippen molar-refractivity contribution in [2.75, 3.05) is 11.9 Å². The van der Waals surface area contributed by atoms with Gasteiger partial charge in [0.2, 0.25) is 5.91 Å². The summed E-state index contributed by atoms with van der Waals surface area (Å²) in [4.78, 5) is 43.4. The predicted molar refractivity (Wildman–Crippen MR) is 175 cm³/mol. The van der Waals surface area contributed by atoms with Crippen LogP contribution in [0.4, 0.5) is 10.5 Å². The maximum absolute atomic E-state index is 14.6. The molecule has 3 rings (SSSR count).